The number of carbonyl (C=O) groups excluding carboxylic acids is 3. The molecule has 0 spiro atoms. The maximum atomic E-state index is 13.4. The van der Waals surface area contributed by atoms with Crippen molar-refractivity contribution < 1.29 is 24.2 Å². The molecule has 0 unspecified atom stereocenters. The van der Waals surface area contributed by atoms with Crippen molar-refractivity contribution in [2.24, 2.45) is 5.92 Å². The van der Waals surface area contributed by atoms with E-state index in [1.54, 1.807) is 17.1 Å². The van der Waals surface area contributed by atoms with Gasteiger partial charge in [0.2, 0.25) is 11.8 Å². The molecule has 38 heavy (non-hydrogen) atoms. The molecule has 2 amide bonds. The van der Waals surface area contributed by atoms with Crippen molar-refractivity contribution in [2.75, 3.05) is 13.2 Å². The summed E-state index contributed by atoms with van der Waals surface area (Å²) in [5.74, 6) is -1.46. The summed E-state index contributed by atoms with van der Waals surface area (Å²) in [6, 6.07) is 16.8. The monoisotopic (exact) mass is 518 g/mol. The first kappa shape index (κ1) is 28.9. The summed E-state index contributed by atoms with van der Waals surface area (Å²) >= 11 is 0. The van der Waals surface area contributed by atoms with Crippen molar-refractivity contribution in [1.29, 1.82) is 0 Å². The van der Waals surface area contributed by atoms with Gasteiger partial charge in [0.1, 0.15) is 6.61 Å². The highest BCUT2D eigenvalue weighted by Crippen LogP contribution is 2.25. The molecule has 0 aliphatic carbocycles. The second-order valence-electron chi connectivity index (χ2n) is 9.66. The molecule has 0 bridgehead atoms. The molecule has 0 saturated heterocycles. The topological polar surface area (TPSA) is 95.9 Å². The number of amides is 2. The predicted octanol–water partition coefficient (Wildman–Crippen LogP) is 3.75. The molecule has 0 radical (unpaired) electrons. The summed E-state index contributed by atoms with van der Waals surface area (Å²) < 4.78 is 5.43. The minimum absolute atomic E-state index is 0.00625. The summed E-state index contributed by atoms with van der Waals surface area (Å²) in [6.07, 6.45) is 5.41. The summed E-state index contributed by atoms with van der Waals surface area (Å²) in [5.41, 5.74) is 3.17. The zero-order valence-corrected chi connectivity index (χ0v) is 21.9. The number of hydrogen-bond acceptors (Lipinski definition) is 5. The van der Waals surface area contributed by atoms with Crippen LogP contribution in [-0.2, 0) is 38.5 Å². The molecule has 0 fully saturated rings. The van der Waals surface area contributed by atoms with Crippen LogP contribution in [-0.4, -0.2) is 53.1 Å². The lowest BCUT2D eigenvalue weighted by molar-refractivity contribution is -0.145. The van der Waals surface area contributed by atoms with Crippen molar-refractivity contribution in [1.82, 2.24) is 10.2 Å². The van der Waals surface area contributed by atoms with Crippen molar-refractivity contribution in [3.63, 3.8) is 0 Å². The van der Waals surface area contributed by atoms with Gasteiger partial charge in [0.15, 0.2) is 0 Å². The van der Waals surface area contributed by atoms with Crippen molar-refractivity contribution in [3.8, 4) is 0 Å². The highest BCUT2D eigenvalue weighted by molar-refractivity contribution is 5.86. The summed E-state index contributed by atoms with van der Waals surface area (Å²) in [4.78, 5) is 40.5. The Balaban J connectivity index is 1.68. The Hall–Kier alpha value is -3.71. The first-order valence-electron chi connectivity index (χ1n) is 13.1. The Kier molecular flexibility index (Phi) is 11.3. The van der Waals surface area contributed by atoms with Gasteiger partial charge >= 0.3 is 5.97 Å². The molecular weight excluding hydrogens is 480 g/mol. The number of rotatable bonds is 14. The Bertz CT molecular complexity index is 1100. The number of ether oxygens (including phenoxy) is 1. The number of aliphatic hydroxyl groups is 1. The van der Waals surface area contributed by atoms with E-state index in [1.807, 2.05) is 54.6 Å². The highest BCUT2D eigenvalue weighted by Gasteiger charge is 2.32. The smallest absolute Gasteiger partial charge is 0.306 e. The van der Waals surface area contributed by atoms with Crippen molar-refractivity contribution in [2.45, 2.75) is 57.2 Å². The van der Waals surface area contributed by atoms with Crippen LogP contribution in [0.15, 0.2) is 79.9 Å². The van der Waals surface area contributed by atoms with Gasteiger partial charge in [-0.15, -0.1) is 13.2 Å². The molecule has 202 valence electrons. The second-order valence-corrected chi connectivity index (χ2v) is 9.66. The van der Waals surface area contributed by atoms with E-state index in [2.05, 4.69) is 18.5 Å². The second kappa shape index (κ2) is 14.9. The summed E-state index contributed by atoms with van der Waals surface area (Å²) in [6.45, 7) is 7.68. The Morgan fingerprint density at radius 3 is 2.45 bits per heavy atom. The van der Waals surface area contributed by atoms with E-state index >= 15 is 0 Å². The lowest BCUT2D eigenvalue weighted by atomic mass is 9.92. The van der Waals surface area contributed by atoms with Gasteiger partial charge in [0.05, 0.1) is 24.6 Å². The zero-order chi connectivity index (χ0) is 27.3. The third kappa shape index (κ3) is 8.42. The van der Waals surface area contributed by atoms with Gasteiger partial charge in [-0.3, -0.25) is 14.4 Å². The largest absolute Gasteiger partial charge is 0.463 e. The fraction of sp³-hybridized carbons (Fsp3) is 0.387. The third-order valence-electron chi connectivity index (χ3n) is 6.80. The molecule has 1 heterocycles. The molecule has 2 aromatic rings. The Labute approximate surface area is 225 Å². The number of hydrogen-bond donors (Lipinski definition) is 2. The number of nitrogens with zero attached hydrogens (tertiary/aromatic N) is 1. The molecule has 7 heteroatoms. The Morgan fingerprint density at radius 1 is 1.05 bits per heavy atom. The molecule has 3 atom stereocenters. The van der Waals surface area contributed by atoms with Crippen LogP contribution in [0.5, 0.6) is 0 Å². The van der Waals surface area contributed by atoms with Crippen LogP contribution in [0.4, 0.5) is 0 Å². The molecule has 1 aliphatic heterocycles. The van der Waals surface area contributed by atoms with E-state index in [9.17, 15) is 19.5 Å². The minimum Gasteiger partial charge on any atom is -0.463 e. The number of aliphatic hydroxyl groups excluding tert-OH is 1. The molecule has 2 N–H and O–H groups in total. The number of nitrogens with one attached hydrogen (secondary N) is 1. The van der Waals surface area contributed by atoms with Gasteiger partial charge in [-0.05, 0) is 42.4 Å². The van der Waals surface area contributed by atoms with Crippen LogP contribution in [0, 0.1) is 5.92 Å². The lowest BCUT2D eigenvalue weighted by Crippen LogP contribution is -2.48. The average molecular weight is 519 g/mol. The fourth-order valence-electron chi connectivity index (χ4n) is 4.71. The standard InChI is InChI=1S/C31H38N2O5/c1-3-5-16-30(36)38-22-27(17-23-12-7-6-8-13-23)32-31(37)25(11-4-2)19-29(35)33-20-26-15-10-9-14-24(26)18-28(33)21-34/h3-4,6-10,12-15,25,27-28,34H,1-2,5,11,16-22H2,(H,32,37)/t25-,27-,28+/m1/s1. The van der Waals surface area contributed by atoms with Crippen LogP contribution in [0.1, 0.15) is 42.4 Å². The predicted molar refractivity (Wildman–Crippen MR) is 147 cm³/mol. The molecule has 0 saturated carbocycles. The normalized spacial score (nSPS) is 16.0. The van der Waals surface area contributed by atoms with Crippen LogP contribution >= 0.6 is 0 Å². The van der Waals surface area contributed by atoms with Gasteiger partial charge in [0.25, 0.3) is 0 Å². The molecular formula is C31H38N2O5. The summed E-state index contributed by atoms with van der Waals surface area (Å²) in [5, 5.41) is 13.0. The van der Waals surface area contributed by atoms with E-state index in [1.165, 1.54) is 0 Å². The number of esters is 1. The average Bonchev–Trinajstić information content (AvgIpc) is 2.94. The first-order valence-corrected chi connectivity index (χ1v) is 13.1. The molecule has 2 aromatic carbocycles. The quantitative estimate of drug-likeness (QED) is 0.293. The maximum absolute atomic E-state index is 13.4. The zero-order valence-electron chi connectivity index (χ0n) is 21.9. The van der Waals surface area contributed by atoms with E-state index < -0.39 is 12.0 Å². The number of carbonyl (C=O) groups is 3. The van der Waals surface area contributed by atoms with Crippen LogP contribution < -0.4 is 5.32 Å². The number of benzene rings is 2. The molecule has 1 aliphatic rings. The van der Waals surface area contributed by atoms with E-state index in [0.717, 1.165) is 16.7 Å². The van der Waals surface area contributed by atoms with Crippen molar-refractivity contribution >= 4 is 17.8 Å². The van der Waals surface area contributed by atoms with E-state index in [-0.39, 0.29) is 49.9 Å². The van der Waals surface area contributed by atoms with Gasteiger partial charge in [-0.1, -0.05) is 66.7 Å². The number of allylic oxidation sites excluding steroid dienone is 2. The highest BCUT2D eigenvalue weighted by atomic mass is 16.5. The van der Waals surface area contributed by atoms with Crippen LogP contribution in [0.2, 0.25) is 0 Å². The van der Waals surface area contributed by atoms with E-state index in [0.29, 0.717) is 32.2 Å². The van der Waals surface area contributed by atoms with Gasteiger partial charge < -0.3 is 20.1 Å². The summed E-state index contributed by atoms with van der Waals surface area (Å²) in [7, 11) is 0. The lowest BCUT2D eigenvalue weighted by Gasteiger charge is -2.36. The van der Waals surface area contributed by atoms with Crippen LogP contribution in [0.25, 0.3) is 0 Å². The molecule has 3 rings (SSSR count). The maximum Gasteiger partial charge on any atom is 0.306 e. The fourth-order valence-corrected chi connectivity index (χ4v) is 4.71. The third-order valence-corrected chi connectivity index (χ3v) is 6.80. The van der Waals surface area contributed by atoms with Gasteiger partial charge in [0, 0.05) is 19.4 Å². The molecule has 0 aromatic heterocycles. The Morgan fingerprint density at radius 2 is 1.76 bits per heavy atom. The number of fused-ring (bicyclic) bond motifs is 1. The molecule has 7 nitrogen and oxygen atoms in total. The minimum atomic E-state index is -0.633. The first-order chi connectivity index (χ1) is 18.4. The SMILES string of the molecule is C=CCCC(=O)OC[C@@H](Cc1ccccc1)NC(=O)[C@H](CC=C)CC(=O)N1Cc2ccccc2C[C@H]1CO. The van der Waals surface area contributed by atoms with E-state index in [4.69, 9.17) is 4.74 Å². The van der Waals surface area contributed by atoms with Gasteiger partial charge in [-0.2, -0.15) is 0 Å². The van der Waals surface area contributed by atoms with Gasteiger partial charge in [-0.25, -0.2) is 0 Å². The van der Waals surface area contributed by atoms with Crippen LogP contribution in [0.3, 0.4) is 0 Å². The van der Waals surface area contributed by atoms with Crippen molar-refractivity contribution in [3.05, 3.63) is 96.6 Å².